The number of aromatic nitrogens is 1. The number of carbonyl (C=O) groups is 1. The van der Waals surface area contributed by atoms with Crippen molar-refractivity contribution in [2.75, 3.05) is 6.54 Å². The van der Waals surface area contributed by atoms with Gasteiger partial charge in [0.1, 0.15) is 0 Å². The standard InChI is InChI=1S/C16H16BrClN2O/c1-3-20(10-13-6-4-5-11(2)19-13)16(21)14-9-12(17)7-8-15(14)18/h4-9H,3,10H2,1-2H3. The fraction of sp³-hybridized carbons (Fsp3) is 0.250. The number of amides is 1. The normalized spacial score (nSPS) is 10.5. The summed E-state index contributed by atoms with van der Waals surface area (Å²) in [5, 5.41) is 0.457. The number of benzene rings is 1. The zero-order valence-electron chi connectivity index (χ0n) is 11.9. The van der Waals surface area contributed by atoms with Crippen LogP contribution in [0, 0.1) is 6.92 Å². The van der Waals surface area contributed by atoms with Gasteiger partial charge in [-0.15, -0.1) is 0 Å². The highest BCUT2D eigenvalue weighted by molar-refractivity contribution is 9.10. The smallest absolute Gasteiger partial charge is 0.255 e. The van der Waals surface area contributed by atoms with Gasteiger partial charge in [0.25, 0.3) is 5.91 Å². The maximum Gasteiger partial charge on any atom is 0.255 e. The zero-order valence-corrected chi connectivity index (χ0v) is 14.3. The summed E-state index contributed by atoms with van der Waals surface area (Å²) < 4.78 is 0.833. The second-order valence-electron chi connectivity index (χ2n) is 4.71. The summed E-state index contributed by atoms with van der Waals surface area (Å²) in [7, 11) is 0. The first-order chi connectivity index (χ1) is 10.0. The first kappa shape index (κ1) is 16.0. The predicted molar refractivity (Wildman–Crippen MR) is 88.5 cm³/mol. The molecule has 0 N–H and O–H groups in total. The Labute approximate surface area is 138 Å². The van der Waals surface area contributed by atoms with Crippen molar-refractivity contribution in [1.82, 2.24) is 9.88 Å². The highest BCUT2D eigenvalue weighted by Gasteiger charge is 2.18. The molecule has 0 aliphatic carbocycles. The van der Waals surface area contributed by atoms with E-state index in [-0.39, 0.29) is 5.91 Å². The number of aryl methyl sites for hydroxylation is 1. The van der Waals surface area contributed by atoms with Gasteiger partial charge in [-0.25, -0.2) is 0 Å². The molecule has 0 fully saturated rings. The van der Waals surface area contributed by atoms with Gasteiger partial charge in [0.2, 0.25) is 0 Å². The number of halogens is 2. The van der Waals surface area contributed by atoms with Gasteiger partial charge in [0, 0.05) is 16.7 Å². The molecule has 0 unspecified atom stereocenters. The molecule has 0 aliphatic rings. The molecule has 0 spiro atoms. The summed E-state index contributed by atoms with van der Waals surface area (Å²) in [5.74, 6) is -0.0906. The Balaban J connectivity index is 2.24. The molecule has 110 valence electrons. The molecule has 0 saturated heterocycles. The SMILES string of the molecule is CCN(Cc1cccc(C)n1)C(=O)c1cc(Br)ccc1Cl. The number of rotatable bonds is 4. The molecular weight excluding hydrogens is 352 g/mol. The molecule has 0 bridgehead atoms. The van der Waals surface area contributed by atoms with Gasteiger partial charge in [-0.05, 0) is 44.2 Å². The molecule has 1 aromatic carbocycles. The third-order valence-electron chi connectivity index (χ3n) is 3.13. The minimum Gasteiger partial charge on any atom is -0.333 e. The summed E-state index contributed by atoms with van der Waals surface area (Å²) >= 11 is 9.51. The van der Waals surface area contributed by atoms with Crippen LogP contribution in [0.2, 0.25) is 5.02 Å². The zero-order chi connectivity index (χ0) is 15.4. The molecule has 5 heteroatoms. The van der Waals surface area contributed by atoms with Gasteiger partial charge in [-0.3, -0.25) is 9.78 Å². The van der Waals surface area contributed by atoms with Crippen LogP contribution in [0.4, 0.5) is 0 Å². The molecule has 0 radical (unpaired) electrons. The van der Waals surface area contributed by atoms with Crippen LogP contribution in [-0.2, 0) is 6.54 Å². The summed E-state index contributed by atoms with van der Waals surface area (Å²) in [6.45, 7) is 4.95. The Morgan fingerprint density at radius 1 is 1.33 bits per heavy atom. The van der Waals surface area contributed by atoms with Crippen LogP contribution in [0.1, 0.15) is 28.7 Å². The lowest BCUT2D eigenvalue weighted by Crippen LogP contribution is -2.31. The lowest BCUT2D eigenvalue weighted by Gasteiger charge is -2.21. The lowest BCUT2D eigenvalue weighted by molar-refractivity contribution is 0.0750. The van der Waals surface area contributed by atoms with Crippen molar-refractivity contribution in [2.24, 2.45) is 0 Å². The maximum atomic E-state index is 12.6. The minimum absolute atomic E-state index is 0.0906. The predicted octanol–water partition coefficient (Wildman–Crippen LogP) is 4.47. The van der Waals surface area contributed by atoms with Gasteiger partial charge >= 0.3 is 0 Å². The van der Waals surface area contributed by atoms with Gasteiger partial charge < -0.3 is 4.90 Å². The Hall–Kier alpha value is -1.39. The third kappa shape index (κ3) is 4.05. The molecule has 2 rings (SSSR count). The largest absolute Gasteiger partial charge is 0.333 e. The van der Waals surface area contributed by atoms with E-state index in [0.717, 1.165) is 15.9 Å². The van der Waals surface area contributed by atoms with E-state index < -0.39 is 0 Å². The van der Waals surface area contributed by atoms with E-state index in [9.17, 15) is 4.79 Å². The highest BCUT2D eigenvalue weighted by atomic mass is 79.9. The summed E-state index contributed by atoms with van der Waals surface area (Å²) in [6, 6.07) is 11.1. The third-order valence-corrected chi connectivity index (χ3v) is 3.95. The number of pyridine rings is 1. The molecule has 1 heterocycles. The number of nitrogens with zero attached hydrogens (tertiary/aromatic N) is 2. The summed E-state index contributed by atoms with van der Waals surface area (Å²) in [5.41, 5.74) is 2.31. The molecule has 0 aliphatic heterocycles. The second kappa shape index (κ2) is 7.05. The topological polar surface area (TPSA) is 33.2 Å². The van der Waals surface area contributed by atoms with E-state index in [0.29, 0.717) is 23.7 Å². The van der Waals surface area contributed by atoms with Crippen LogP contribution in [0.25, 0.3) is 0 Å². The Morgan fingerprint density at radius 2 is 2.10 bits per heavy atom. The van der Waals surface area contributed by atoms with Gasteiger partial charge in [-0.2, -0.15) is 0 Å². The van der Waals surface area contributed by atoms with E-state index in [1.54, 1.807) is 17.0 Å². The highest BCUT2D eigenvalue weighted by Crippen LogP contribution is 2.23. The van der Waals surface area contributed by atoms with Crippen molar-refractivity contribution >= 4 is 33.4 Å². The van der Waals surface area contributed by atoms with Crippen molar-refractivity contribution in [3.05, 3.63) is 62.8 Å². The van der Waals surface area contributed by atoms with Crippen LogP contribution in [0.15, 0.2) is 40.9 Å². The van der Waals surface area contributed by atoms with E-state index in [4.69, 9.17) is 11.6 Å². The molecule has 1 amide bonds. The van der Waals surface area contributed by atoms with E-state index >= 15 is 0 Å². The average molecular weight is 368 g/mol. The van der Waals surface area contributed by atoms with Crippen LogP contribution in [0.3, 0.4) is 0 Å². The van der Waals surface area contributed by atoms with E-state index in [1.165, 1.54) is 0 Å². The van der Waals surface area contributed by atoms with Crippen molar-refractivity contribution in [3.8, 4) is 0 Å². The van der Waals surface area contributed by atoms with Crippen molar-refractivity contribution < 1.29 is 4.79 Å². The first-order valence-corrected chi connectivity index (χ1v) is 7.85. The Kier molecular flexibility index (Phi) is 5.37. The second-order valence-corrected chi connectivity index (χ2v) is 6.04. The quantitative estimate of drug-likeness (QED) is 0.799. The lowest BCUT2D eigenvalue weighted by atomic mass is 10.2. The Bertz CT molecular complexity index is 660. The molecule has 1 aromatic heterocycles. The summed E-state index contributed by atoms with van der Waals surface area (Å²) in [6.07, 6.45) is 0. The first-order valence-electron chi connectivity index (χ1n) is 6.68. The van der Waals surface area contributed by atoms with Crippen LogP contribution in [0.5, 0.6) is 0 Å². The number of hydrogen-bond acceptors (Lipinski definition) is 2. The van der Waals surface area contributed by atoms with Crippen molar-refractivity contribution in [1.29, 1.82) is 0 Å². The van der Waals surface area contributed by atoms with Gasteiger partial charge in [0.15, 0.2) is 0 Å². The molecular formula is C16H16BrClN2O. The van der Waals surface area contributed by atoms with E-state index in [1.807, 2.05) is 38.1 Å². The van der Waals surface area contributed by atoms with Crippen LogP contribution in [-0.4, -0.2) is 22.3 Å². The molecule has 21 heavy (non-hydrogen) atoms. The Morgan fingerprint density at radius 3 is 2.76 bits per heavy atom. The average Bonchev–Trinajstić information content (AvgIpc) is 2.46. The minimum atomic E-state index is -0.0906. The molecule has 2 aromatic rings. The fourth-order valence-corrected chi connectivity index (χ4v) is 2.60. The van der Waals surface area contributed by atoms with Gasteiger partial charge in [0.05, 0.1) is 22.8 Å². The van der Waals surface area contributed by atoms with Crippen molar-refractivity contribution in [3.63, 3.8) is 0 Å². The number of hydrogen-bond donors (Lipinski definition) is 0. The molecule has 0 atom stereocenters. The van der Waals surface area contributed by atoms with E-state index in [2.05, 4.69) is 20.9 Å². The molecule has 0 saturated carbocycles. The van der Waals surface area contributed by atoms with Crippen LogP contribution < -0.4 is 0 Å². The monoisotopic (exact) mass is 366 g/mol. The maximum absolute atomic E-state index is 12.6. The van der Waals surface area contributed by atoms with Crippen molar-refractivity contribution in [2.45, 2.75) is 20.4 Å². The molecule has 3 nitrogen and oxygen atoms in total. The van der Waals surface area contributed by atoms with Crippen LogP contribution >= 0.6 is 27.5 Å². The fourth-order valence-electron chi connectivity index (χ4n) is 2.04. The number of carbonyl (C=O) groups excluding carboxylic acids is 1. The summed E-state index contributed by atoms with van der Waals surface area (Å²) in [4.78, 5) is 18.8. The van der Waals surface area contributed by atoms with Gasteiger partial charge in [-0.1, -0.05) is 33.6 Å².